The van der Waals surface area contributed by atoms with Crippen molar-refractivity contribution in [3.05, 3.63) is 54.1 Å². The first-order valence-electron chi connectivity index (χ1n) is 8.41. The maximum absolute atomic E-state index is 12.0. The average Bonchev–Trinajstić information content (AvgIpc) is 2.64. The van der Waals surface area contributed by atoms with Gasteiger partial charge in [0.1, 0.15) is 23.9 Å². The van der Waals surface area contributed by atoms with Crippen molar-refractivity contribution in [2.75, 3.05) is 27.3 Å². The number of phenols is 1. The Morgan fingerprint density at radius 3 is 2.31 bits per heavy atom. The largest absolute Gasteiger partial charge is 0.508 e. The van der Waals surface area contributed by atoms with Gasteiger partial charge in [0.15, 0.2) is 6.10 Å². The van der Waals surface area contributed by atoms with Gasteiger partial charge >= 0.3 is 5.97 Å². The normalized spacial score (nSPS) is 11.8. The molecule has 26 heavy (non-hydrogen) atoms. The van der Waals surface area contributed by atoms with Crippen molar-refractivity contribution in [3.63, 3.8) is 0 Å². The number of hydrogen-bond acceptors (Lipinski definition) is 6. The fourth-order valence-corrected chi connectivity index (χ4v) is 2.32. The summed E-state index contributed by atoms with van der Waals surface area (Å²) in [5, 5.41) is 9.24. The van der Waals surface area contributed by atoms with Crippen molar-refractivity contribution < 1.29 is 24.1 Å². The predicted octanol–water partition coefficient (Wildman–Crippen LogP) is 2.84. The van der Waals surface area contributed by atoms with Crippen LogP contribution in [0.2, 0.25) is 0 Å². The van der Waals surface area contributed by atoms with E-state index in [4.69, 9.17) is 14.2 Å². The third-order valence-electron chi connectivity index (χ3n) is 3.81. The fourth-order valence-electron chi connectivity index (χ4n) is 2.32. The number of hydrogen-bond donors (Lipinski definition) is 1. The molecule has 2 aromatic carbocycles. The highest BCUT2D eigenvalue weighted by Crippen LogP contribution is 2.17. The molecule has 0 aliphatic rings. The number of likely N-dealkylation sites (N-methyl/N-ethyl adjacent to an activating group) is 1. The number of esters is 1. The van der Waals surface area contributed by atoms with Crippen LogP contribution in [0.25, 0.3) is 0 Å². The number of phenolic OH excluding ortho intramolecular Hbond substituents is 1. The van der Waals surface area contributed by atoms with E-state index in [-0.39, 0.29) is 12.4 Å². The maximum atomic E-state index is 12.0. The van der Waals surface area contributed by atoms with Gasteiger partial charge in [-0.15, -0.1) is 0 Å². The molecule has 1 N–H and O–H groups in total. The Balaban J connectivity index is 1.70. The van der Waals surface area contributed by atoms with Gasteiger partial charge in [-0.2, -0.15) is 0 Å². The molecular weight excluding hydrogens is 334 g/mol. The van der Waals surface area contributed by atoms with Crippen molar-refractivity contribution in [2.24, 2.45) is 0 Å². The summed E-state index contributed by atoms with van der Waals surface area (Å²) >= 11 is 0. The highest BCUT2D eigenvalue weighted by atomic mass is 16.6. The van der Waals surface area contributed by atoms with Crippen molar-refractivity contribution in [1.82, 2.24) is 4.90 Å². The van der Waals surface area contributed by atoms with Crippen LogP contribution >= 0.6 is 0 Å². The minimum absolute atomic E-state index is 0.146. The Bertz CT molecular complexity index is 684. The number of methoxy groups -OCH3 is 1. The van der Waals surface area contributed by atoms with E-state index in [0.29, 0.717) is 12.3 Å². The van der Waals surface area contributed by atoms with Gasteiger partial charge < -0.3 is 19.3 Å². The standard InChI is InChI=1S/C20H25NO5/c1-15(26-19-10-6-17(22)7-11-19)20(23)25-13-12-21(2)14-16-4-8-18(24-3)9-5-16/h4-11,15,22H,12-14H2,1-3H3. The second-order valence-corrected chi connectivity index (χ2v) is 6.01. The van der Waals surface area contributed by atoms with Gasteiger partial charge in [-0.25, -0.2) is 4.79 Å². The Hall–Kier alpha value is -2.73. The molecule has 1 atom stereocenters. The van der Waals surface area contributed by atoms with Crippen LogP contribution < -0.4 is 9.47 Å². The van der Waals surface area contributed by atoms with Crippen molar-refractivity contribution in [2.45, 2.75) is 19.6 Å². The number of aromatic hydroxyl groups is 1. The molecule has 6 nitrogen and oxygen atoms in total. The Kier molecular flexibility index (Phi) is 7.29. The lowest BCUT2D eigenvalue weighted by molar-refractivity contribution is -0.151. The Morgan fingerprint density at radius 1 is 1.08 bits per heavy atom. The topological polar surface area (TPSA) is 68.2 Å². The van der Waals surface area contributed by atoms with Crippen LogP contribution in [0.5, 0.6) is 17.2 Å². The highest BCUT2D eigenvalue weighted by Gasteiger charge is 2.16. The molecule has 140 valence electrons. The Labute approximate surface area is 153 Å². The Morgan fingerprint density at radius 2 is 1.69 bits per heavy atom. The molecule has 0 aliphatic carbocycles. The minimum atomic E-state index is -0.716. The second-order valence-electron chi connectivity index (χ2n) is 6.01. The first kappa shape index (κ1) is 19.6. The van der Waals surface area contributed by atoms with Crippen LogP contribution in [0.3, 0.4) is 0 Å². The quantitative estimate of drug-likeness (QED) is 0.695. The maximum Gasteiger partial charge on any atom is 0.347 e. The van der Waals surface area contributed by atoms with Crippen LogP contribution in [-0.2, 0) is 16.1 Å². The van der Waals surface area contributed by atoms with E-state index < -0.39 is 12.1 Å². The molecule has 1 unspecified atom stereocenters. The van der Waals surface area contributed by atoms with Gasteiger partial charge in [0.2, 0.25) is 0 Å². The molecular formula is C20H25NO5. The van der Waals surface area contributed by atoms with Gasteiger partial charge in [0.25, 0.3) is 0 Å². The molecule has 6 heteroatoms. The first-order chi connectivity index (χ1) is 12.5. The summed E-state index contributed by atoms with van der Waals surface area (Å²) in [5.74, 6) is 1.06. The molecule has 0 saturated carbocycles. The second kappa shape index (κ2) is 9.68. The molecule has 0 amide bonds. The zero-order valence-electron chi connectivity index (χ0n) is 15.3. The number of rotatable bonds is 9. The summed E-state index contributed by atoms with van der Waals surface area (Å²) in [4.78, 5) is 14.1. The molecule has 0 aliphatic heterocycles. The molecule has 0 radical (unpaired) electrons. The van der Waals surface area contributed by atoms with E-state index in [2.05, 4.69) is 4.90 Å². The van der Waals surface area contributed by atoms with Gasteiger partial charge in [-0.05, 0) is 55.9 Å². The van der Waals surface area contributed by atoms with Gasteiger partial charge in [-0.1, -0.05) is 12.1 Å². The third-order valence-corrected chi connectivity index (χ3v) is 3.81. The lowest BCUT2D eigenvalue weighted by Crippen LogP contribution is -2.30. The molecule has 0 heterocycles. The predicted molar refractivity (Wildman–Crippen MR) is 98.5 cm³/mol. The SMILES string of the molecule is COc1ccc(CN(C)CCOC(=O)C(C)Oc2ccc(O)cc2)cc1. The summed E-state index contributed by atoms with van der Waals surface area (Å²) < 4.78 is 15.9. The summed E-state index contributed by atoms with van der Waals surface area (Å²) in [5.41, 5.74) is 1.16. The third kappa shape index (κ3) is 6.29. The van der Waals surface area contributed by atoms with Gasteiger partial charge in [-0.3, -0.25) is 4.90 Å². The molecule has 0 spiro atoms. The lowest BCUT2D eigenvalue weighted by Gasteiger charge is -2.18. The number of carbonyl (C=O) groups is 1. The van der Waals surface area contributed by atoms with Crippen molar-refractivity contribution in [1.29, 1.82) is 0 Å². The molecule has 2 rings (SSSR count). The fraction of sp³-hybridized carbons (Fsp3) is 0.350. The summed E-state index contributed by atoms with van der Waals surface area (Å²) in [6.45, 7) is 3.29. The number of benzene rings is 2. The zero-order chi connectivity index (χ0) is 18.9. The van der Waals surface area contributed by atoms with Crippen molar-refractivity contribution >= 4 is 5.97 Å². The highest BCUT2D eigenvalue weighted by molar-refractivity contribution is 5.74. The van der Waals surface area contributed by atoms with E-state index in [1.807, 2.05) is 31.3 Å². The lowest BCUT2D eigenvalue weighted by atomic mass is 10.2. The molecule has 0 aromatic heterocycles. The van der Waals surface area contributed by atoms with Gasteiger partial charge in [0.05, 0.1) is 7.11 Å². The smallest absolute Gasteiger partial charge is 0.347 e. The van der Waals surface area contributed by atoms with Crippen LogP contribution in [0.1, 0.15) is 12.5 Å². The number of nitrogens with zero attached hydrogens (tertiary/aromatic N) is 1. The molecule has 2 aromatic rings. The van der Waals surface area contributed by atoms with E-state index in [1.54, 1.807) is 26.2 Å². The van der Waals surface area contributed by atoms with E-state index in [1.165, 1.54) is 12.1 Å². The van der Waals surface area contributed by atoms with Crippen molar-refractivity contribution in [3.8, 4) is 17.2 Å². The van der Waals surface area contributed by atoms with Crippen LogP contribution in [0.15, 0.2) is 48.5 Å². The van der Waals surface area contributed by atoms with E-state index in [9.17, 15) is 9.90 Å². The zero-order valence-corrected chi connectivity index (χ0v) is 15.3. The van der Waals surface area contributed by atoms with Crippen LogP contribution in [-0.4, -0.2) is 49.4 Å². The summed E-state index contributed by atoms with van der Waals surface area (Å²) in [7, 11) is 3.61. The van der Waals surface area contributed by atoms with Gasteiger partial charge in [0, 0.05) is 13.1 Å². The van der Waals surface area contributed by atoms with Crippen LogP contribution in [0, 0.1) is 0 Å². The monoisotopic (exact) mass is 359 g/mol. The summed E-state index contributed by atoms with van der Waals surface area (Å²) in [6.07, 6.45) is -0.716. The number of ether oxygens (including phenoxy) is 3. The first-order valence-corrected chi connectivity index (χ1v) is 8.41. The minimum Gasteiger partial charge on any atom is -0.508 e. The average molecular weight is 359 g/mol. The van der Waals surface area contributed by atoms with E-state index in [0.717, 1.165) is 17.9 Å². The molecule has 0 fully saturated rings. The molecule has 0 bridgehead atoms. The van der Waals surface area contributed by atoms with Crippen LogP contribution in [0.4, 0.5) is 0 Å². The number of carbonyl (C=O) groups excluding carboxylic acids is 1. The van der Waals surface area contributed by atoms with E-state index >= 15 is 0 Å². The summed E-state index contributed by atoms with van der Waals surface area (Å²) in [6, 6.07) is 14.1. The molecule has 0 saturated heterocycles.